The Morgan fingerprint density at radius 2 is 1.86 bits per heavy atom. The quantitative estimate of drug-likeness (QED) is 0.305. The van der Waals surface area contributed by atoms with Gasteiger partial charge >= 0.3 is 0 Å². The van der Waals surface area contributed by atoms with E-state index in [1.807, 2.05) is 0 Å². The molecular weight excluding hydrogens is 480 g/mol. The molecule has 2 aromatic carbocycles. The zero-order valence-electron chi connectivity index (χ0n) is 20.4. The smallest absolute Gasteiger partial charge is 0.227 e. The summed E-state index contributed by atoms with van der Waals surface area (Å²) in [6.07, 6.45) is 2.43. The van der Waals surface area contributed by atoms with Crippen LogP contribution in [0.4, 0.5) is 20.3 Å². The van der Waals surface area contributed by atoms with Crippen LogP contribution in [0.1, 0.15) is 25.8 Å². The number of rotatable bonds is 6. The number of hydrogen-bond acceptors (Lipinski definition) is 6. The molecular formula is C27H27F2N5O3. The lowest BCUT2D eigenvalue weighted by Gasteiger charge is -2.25. The van der Waals surface area contributed by atoms with Gasteiger partial charge in [0, 0.05) is 30.9 Å². The van der Waals surface area contributed by atoms with Crippen molar-refractivity contribution in [3.63, 3.8) is 0 Å². The summed E-state index contributed by atoms with van der Waals surface area (Å²) < 4.78 is 28.8. The first kappa shape index (κ1) is 24.6. The third kappa shape index (κ3) is 4.97. The van der Waals surface area contributed by atoms with Crippen LogP contribution in [0.2, 0.25) is 0 Å². The highest BCUT2D eigenvalue weighted by Crippen LogP contribution is 2.34. The minimum absolute atomic E-state index is 0.00114. The number of aromatic nitrogens is 3. The first-order valence-electron chi connectivity index (χ1n) is 12.0. The zero-order valence-corrected chi connectivity index (χ0v) is 20.4. The van der Waals surface area contributed by atoms with Crippen LogP contribution in [0, 0.1) is 17.6 Å². The number of aromatic hydroxyl groups is 1. The Balaban J connectivity index is 1.36. The van der Waals surface area contributed by atoms with Crippen LogP contribution >= 0.6 is 0 Å². The second-order valence-corrected chi connectivity index (χ2v) is 9.87. The molecule has 0 radical (unpaired) electrons. The van der Waals surface area contributed by atoms with Crippen molar-refractivity contribution in [1.29, 1.82) is 0 Å². The third-order valence-electron chi connectivity index (χ3n) is 6.82. The van der Waals surface area contributed by atoms with Crippen molar-refractivity contribution in [2.75, 3.05) is 18.4 Å². The number of H-pyrrole nitrogens is 1. The molecule has 1 unspecified atom stereocenters. The molecule has 2 aromatic heterocycles. The van der Waals surface area contributed by atoms with E-state index in [9.17, 15) is 23.8 Å². The summed E-state index contributed by atoms with van der Waals surface area (Å²) in [6.45, 7) is 4.70. The lowest BCUT2D eigenvalue weighted by Crippen LogP contribution is -2.36. The van der Waals surface area contributed by atoms with Gasteiger partial charge in [0.25, 0.3) is 0 Å². The summed E-state index contributed by atoms with van der Waals surface area (Å²) in [6, 6.07) is 10.6. The SMILES string of the molecule is CC(C)(O)C1CCN(C(=O)Cc2ccc(Nc3nc(-c4c(F)cccc4F)nc4c[nH]c(O)c34)cc2)C1. The van der Waals surface area contributed by atoms with Crippen molar-refractivity contribution in [2.24, 2.45) is 5.92 Å². The fourth-order valence-electron chi connectivity index (χ4n) is 4.63. The van der Waals surface area contributed by atoms with E-state index >= 15 is 0 Å². The van der Waals surface area contributed by atoms with Crippen LogP contribution in [0.15, 0.2) is 48.7 Å². The number of carbonyl (C=O) groups is 1. The number of nitrogens with zero attached hydrogens (tertiary/aromatic N) is 3. The molecule has 1 atom stereocenters. The first-order valence-corrected chi connectivity index (χ1v) is 12.0. The lowest BCUT2D eigenvalue weighted by atomic mass is 9.90. The zero-order chi connectivity index (χ0) is 26.3. The number of likely N-dealkylation sites (tertiary alicyclic amines) is 1. The predicted octanol–water partition coefficient (Wildman–Crippen LogP) is 4.51. The van der Waals surface area contributed by atoms with E-state index in [1.165, 1.54) is 12.3 Å². The second kappa shape index (κ2) is 9.44. The minimum atomic E-state index is -0.819. The van der Waals surface area contributed by atoms with Crippen molar-refractivity contribution in [3.05, 3.63) is 65.9 Å². The molecule has 4 aromatic rings. The highest BCUT2D eigenvalue weighted by Gasteiger charge is 2.35. The van der Waals surface area contributed by atoms with Gasteiger partial charge < -0.3 is 25.4 Å². The van der Waals surface area contributed by atoms with Crippen molar-refractivity contribution in [1.82, 2.24) is 19.9 Å². The van der Waals surface area contributed by atoms with Gasteiger partial charge in [-0.1, -0.05) is 18.2 Å². The van der Waals surface area contributed by atoms with Gasteiger partial charge in [-0.15, -0.1) is 0 Å². The summed E-state index contributed by atoms with van der Waals surface area (Å²) in [4.78, 5) is 25.7. The molecule has 0 spiro atoms. The maximum absolute atomic E-state index is 14.4. The fourth-order valence-corrected chi connectivity index (χ4v) is 4.63. The lowest BCUT2D eigenvalue weighted by molar-refractivity contribution is -0.129. The normalized spacial score (nSPS) is 15.9. The number of nitrogens with one attached hydrogen (secondary N) is 2. The molecule has 0 saturated carbocycles. The van der Waals surface area contributed by atoms with Gasteiger partial charge in [-0.3, -0.25) is 4.79 Å². The monoisotopic (exact) mass is 507 g/mol. The summed E-state index contributed by atoms with van der Waals surface area (Å²) in [5.41, 5.74) is 0.509. The molecule has 192 valence electrons. The largest absolute Gasteiger partial charge is 0.494 e. The molecule has 1 fully saturated rings. The summed E-state index contributed by atoms with van der Waals surface area (Å²) in [7, 11) is 0. The van der Waals surface area contributed by atoms with E-state index in [2.05, 4.69) is 20.3 Å². The Hall–Kier alpha value is -4.05. The van der Waals surface area contributed by atoms with E-state index in [4.69, 9.17) is 0 Å². The van der Waals surface area contributed by atoms with Crippen molar-refractivity contribution in [3.8, 4) is 17.3 Å². The summed E-state index contributed by atoms with van der Waals surface area (Å²) >= 11 is 0. The highest BCUT2D eigenvalue weighted by molar-refractivity contribution is 5.96. The van der Waals surface area contributed by atoms with Crippen LogP contribution < -0.4 is 5.32 Å². The maximum Gasteiger partial charge on any atom is 0.227 e. The number of aromatic amines is 1. The molecule has 8 nitrogen and oxygen atoms in total. The van der Waals surface area contributed by atoms with E-state index in [-0.39, 0.29) is 52.2 Å². The van der Waals surface area contributed by atoms with Gasteiger partial charge in [-0.25, -0.2) is 18.7 Å². The van der Waals surface area contributed by atoms with Crippen LogP contribution in [-0.4, -0.2) is 54.7 Å². The molecule has 10 heteroatoms. The highest BCUT2D eigenvalue weighted by atomic mass is 19.1. The molecule has 1 amide bonds. The van der Waals surface area contributed by atoms with Crippen molar-refractivity contribution >= 4 is 28.3 Å². The van der Waals surface area contributed by atoms with Crippen LogP contribution in [0.5, 0.6) is 5.88 Å². The maximum atomic E-state index is 14.4. The molecule has 0 aliphatic carbocycles. The van der Waals surface area contributed by atoms with E-state index < -0.39 is 17.2 Å². The van der Waals surface area contributed by atoms with E-state index in [0.717, 1.165) is 24.1 Å². The molecule has 4 N–H and O–H groups in total. The fraction of sp³-hybridized carbons (Fsp3) is 0.296. The number of aliphatic hydroxyl groups is 1. The molecule has 37 heavy (non-hydrogen) atoms. The Labute approximate surface area is 212 Å². The third-order valence-corrected chi connectivity index (χ3v) is 6.82. The average molecular weight is 508 g/mol. The molecule has 3 heterocycles. The molecule has 1 saturated heterocycles. The van der Waals surface area contributed by atoms with Gasteiger partial charge in [-0.05, 0) is 50.1 Å². The van der Waals surface area contributed by atoms with Gasteiger partial charge in [0.1, 0.15) is 22.8 Å². The van der Waals surface area contributed by atoms with Gasteiger partial charge in [0.2, 0.25) is 11.8 Å². The van der Waals surface area contributed by atoms with E-state index in [0.29, 0.717) is 18.8 Å². The second-order valence-electron chi connectivity index (χ2n) is 9.87. The predicted molar refractivity (Wildman–Crippen MR) is 135 cm³/mol. The number of halogens is 2. The summed E-state index contributed by atoms with van der Waals surface area (Å²) in [5, 5.41) is 23.9. The van der Waals surface area contributed by atoms with Gasteiger partial charge in [0.15, 0.2) is 5.82 Å². The number of amides is 1. The first-order chi connectivity index (χ1) is 17.6. The topological polar surface area (TPSA) is 114 Å². The Morgan fingerprint density at radius 1 is 1.16 bits per heavy atom. The summed E-state index contributed by atoms with van der Waals surface area (Å²) in [5.74, 6) is -1.73. The van der Waals surface area contributed by atoms with Crippen molar-refractivity contribution < 1.29 is 23.8 Å². The number of benzene rings is 2. The number of carbonyl (C=O) groups excluding carboxylic acids is 1. The number of anilines is 2. The van der Waals surface area contributed by atoms with E-state index in [1.54, 1.807) is 43.0 Å². The van der Waals surface area contributed by atoms with Crippen LogP contribution in [0.25, 0.3) is 22.3 Å². The average Bonchev–Trinajstić information content (AvgIpc) is 3.48. The molecule has 1 aliphatic heterocycles. The molecule has 1 aliphatic rings. The minimum Gasteiger partial charge on any atom is -0.494 e. The van der Waals surface area contributed by atoms with Gasteiger partial charge in [-0.2, -0.15) is 0 Å². The van der Waals surface area contributed by atoms with Gasteiger partial charge in [0.05, 0.1) is 23.1 Å². The van der Waals surface area contributed by atoms with Crippen molar-refractivity contribution in [2.45, 2.75) is 32.3 Å². The Morgan fingerprint density at radius 3 is 2.51 bits per heavy atom. The molecule has 5 rings (SSSR count). The Kier molecular flexibility index (Phi) is 6.28. The molecule has 0 bridgehead atoms. The van der Waals surface area contributed by atoms with Crippen LogP contribution in [0.3, 0.4) is 0 Å². The Bertz CT molecular complexity index is 1440. The van der Waals surface area contributed by atoms with Crippen LogP contribution in [-0.2, 0) is 11.2 Å². The number of hydrogen-bond donors (Lipinski definition) is 4. The standard InChI is InChI=1S/C27H27F2N5O3/c1-27(2,37)16-10-11-34(14-16)21(35)12-15-6-8-17(9-7-15)31-25-23-20(13-30-26(23)36)32-24(33-25)22-18(28)4-3-5-19(22)29/h3-9,13,16,30,36-37H,10-12,14H2,1-2H3,(H,31,32,33). The number of fused-ring (bicyclic) bond motifs is 1.